The number of aromatic hydroxyl groups is 1. The maximum absolute atomic E-state index is 11.5. The first-order valence-electron chi connectivity index (χ1n) is 7.31. The number of esters is 1. The smallest absolute Gasteiger partial charge is 0.306 e. The zero-order valence-electron chi connectivity index (χ0n) is 12.3. The number of aryl methyl sites for hydroxylation is 1. The van der Waals surface area contributed by atoms with Crippen LogP contribution >= 0.6 is 0 Å². The van der Waals surface area contributed by atoms with Gasteiger partial charge in [0.25, 0.3) is 0 Å². The fourth-order valence-corrected chi connectivity index (χ4v) is 2.66. The minimum atomic E-state index is -0.188. The second-order valence-corrected chi connectivity index (χ2v) is 5.11. The van der Waals surface area contributed by atoms with Crippen LogP contribution in [-0.2, 0) is 16.0 Å². The van der Waals surface area contributed by atoms with Gasteiger partial charge >= 0.3 is 5.97 Å². The highest BCUT2D eigenvalue weighted by molar-refractivity contribution is 5.96. The Balaban J connectivity index is 1.88. The van der Waals surface area contributed by atoms with Gasteiger partial charge in [-0.15, -0.1) is 0 Å². The van der Waals surface area contributed by atoms with E-state index in [-0.39, 0.29) is 11.7 Å². The zero-order chi connectivity index (χ0) is 15.5. The number of phenolic OH excluding ortho intramolecular Hbond substituents is 1. The molecule has 22 heavy (non-hydrogen) atoms. The van der Waals surface area contributed by atoms with Crippen molar-refractivity contribution in [3.05, 3.63) is 42.4 Å². The van der Waals surface area contributed by atoms with Crippen molar-refractivity contribution in [2.45, 2.75) is 19.8 Å². The lowest BCUT2D eigenvalue weighted by molar-refractivity contribution is -0.143. The fraction of sp³-hybridized carbons (Fsp3) is 0.235. The van der Waals surface area contributed by atoms with Crippen molar-refractivity contribution in [2.24, 2.45) is 0 Å². The molecule has 0 unspecified atom stereocenters. The van der Waals surface area contributed by atoms with E-state index in [0.717, 1.165) is 27.7 Å². The molecule has 2 aromatic heterocycles. The van der Waals surface area contributed by atoms with Crippen LogP contribution in [0.5, 0.6) is 5.75 Å². The molecule has 5 heteroatoms. The van der Waals surface area contributed by atoms with Gasteiger partial charge in [0.05, 0.1) is 13.0 Å². The Kier molecular flexibility index (Phi) is 3.87. The normalized spacial score (nSPS) is 11.0. The van der Waals surface area contributed by atoms with Gasteiger partial charge in [0, 0.05) is 46.2 Å². The SMILES string of the molecule is CCOC(=O)CCc1[nH]ccc1-c1c[nH]c2cc(O)ccc12. The number of aromatic amines is 2. The molecule has 0 bridgehead atoms. The summed E-state index contributed by atoms with van der Waals surface area (Å²) in [5.74, 6) is 0.0457. The molecule has 0 aliphatic carbocycles. The average Bonchev–Trinajstić information content (AvgIpc) is 3.10. The lowest BCUT2D eigenvalue weighted by Gasteiger charge is -2.04. The summed E-state index contributed by atoms with van der Waals surface area (Å²) in [6.07, 6.45) is 4.74. The van der Waals surface area contributed by atoms with Crippen LogP contribution < -0.4 is 0 Å². The van der Waals surface area contributed by atoms with Crippen molar-refractivity contribution in [1.29, 1.82) is 0 Å². The van der Waals surface area contributed by atoms with E-state index in [0.29, 0.717) is 19.4 Å². The Morgan fingerprint density at radius 3 is 2.91 bits per heavy atom. The molecule has 3 rings (SSSR count). The van der Waals surface area contributed by atoms with Gasteiger partial charge < -0.3 is 19.8 Å². The molecule has 3 N–H and O–H groups in total. The third kappa shape index (κ3) is 2.70. The van der Waals surface area contributed by atoms with Crippen LogP contribution in [0, 0.1) is 0 Å². The summed E-state index contributed by atoms with van der Waals surface area (Å²) in [6, 6.07) is 7.25. The number of aromatic nitrogens is 2. The lowest BCUT2D eigenvalue weighted by atomic mass is 10.0. The molecule has 0 atom stereocenters. The molecule has 0 saturated heterocycles. The molecular weight excluding hydrogens is 280 g/mol. The van der Waals surface area contributed by atoms with Gasteiger partial charge in [-0.25, -0.2) is 0 Å². The number of hydrogen-bond donors (Lipinski definition) is 3. The Morgan fingerprint density at radius 2 is 2.09 bits per heavy atom. The van der Waals surface area contributed by atoms with Crippen LogP contribution in [0.3, 0.4) is 0 Å². The Labute approximate surface area is 127 Å². The van der Waals surface area contributed by atoms with Gasteiger partial charge in [-0.3, -0.25) is 4.79 Å². The second kappa shape index (κ2) is 5.97. The number of benzene rings is 1. The van der Waals surface area contributed by atoms with Crippen LogP contribution in [0.2, 0.25) is 0 Å². The molecule has 0 aliphatic heterocycles. The standard InChI is InChI=1S/C17H18N2O3/c1-2-22-17(21)6-5-15-13(7-8-18-15)14-10-19-16-9-11(20)3-4-12(14)16/h3-4,7-10,18-20H,2,5-6H2,1H3. The first-order valence-corrected chi connectivity index (χ1v) is 7.31. The number of rotatable bonds is 5. The summed E-state index contributed by atoms with van der Waals surface area (Å²) in [5, 5.41) is 10.6. The number of fused-ring (bicyclic) bond motifs is 1. The van der Waals surface area contributed by atoms with E-state index < -0.39 is 0 Å². The summed E-state index contributed by atoms with van der Waals surface area (Å²) in [6.45, 7) is 2.21. The molecule has 3 aromatic rings. The highest BCUT2D eigenvalue weighted by atomic mass is 16.5. The zero-order valence-corrected chi connectivity index (χ0v) is 12.3. The van der Waals surface area contributed by atoms with E-state index in [4.69, 9.17) is 4.74 Å². The Bertz CT molecular complexity index is 801. The van der Waals surface area contributed by atoms with E-state index in [2.05, 4.69) is 9.97 Å². The lowest BCUT2D eigenvalue weighted by Crippen LogP contribution is -2.05. The van der Waals surface area contributed by atoms with E-state index >= 15 is 0 Å². The van der Waals surface area contributed by atoms with Crippen LogP contribution in [0.25, 0.3) is 22.0 Å². The second-order valence-electron chi connectivity index (χ2n) is 5.11. The molecule has 0 aliphatic rings. The Morgan fingerprint density at radius 1 is 1.23 bits per heavy atom. The fourth-order valence-electron chi connectivity index (χ4n) is 2.66. The summed E-state index contributed by atoms with van der Waals surface area (Å²) in [4.78, 5) is 17.9. The monoisotopic (exact) mass is 298 g/mol. The third-order valence-corrected chi connectivity index (χ3v) is 3.67. The Hall–Kier alpha value is -2.69. The molecule has 0 amide bonds. The average molecular weight is 298 g/mol. The molecule has 0 spiro atoms. The molecule has 1 aromatic carbocycles. The highest BCUT2D eigenvalue weighted by Gasteiger charge is 2.13. The number of nitrogens with one attached hydrogen (secondary N) is 2. The molecule has 0 fully saturated rings. The quantitative estimate of drug-likeness (QED) is 0.632. The third-order valence-electron chi connectivity index (χ3n) is 3.67. The van der Waals surface area contributed by atoms with Crippen molar-refractivity contribution >= 4 is 16.9 Å². The maximum atomic E-state index is 11.5. The number of carbonyl (C=O) groups is 1. The van der Waals surface area contributed by atoms with E-state index in [1.165, 1.54) is 0 Å². The highest BCUT2D eigenvalue weighted by Crippen LogP contribution is 2.32. The number of ether oxygens (including phenoxy) is 1. The predicted molar refractivity (Wildman–Crippen MR) is 84.7 cm³/mol. The molecule has 114 valence electrons. The van der Waals surface area contributed by atoms with Gasteiger partial charge in [-0.1, -0.05) is 0 Å². The van der Waals surface area contributed by atoms with Crippen LogP contribution in [-0.4, -0.2) is 27.7 Å². The summed E-state index contributed by atoms with van der Waals surface area (Å²) in [5.41, 5.74) is 3.99. The van der Waals surface area contributed by atoms with Crippen molar-refractivity contribution in [2.75, 3.05) is 6.61 Å². The predicted octanol–water partition coefficient (Wildman–Crippen LogP) is 3.36. The molecule has 2 heterocycles. The summed E-state index contributed by atoms with van der Waals surface area (Å²) >= 11 is 0. The van der Waals surface area contributed by atoms with E-state index in [1.807, 2.05) is 24.5 Å². The van der Waals surface area contributed by atoms with Gasteiger partial charge in [-0.05, 0) is 31.5 Å². The topological polar surface area (TPSA) is 78.1 Å². The van der Waals surface area contributed by atoms with Gasteiger partial charge in [0.15, 0.2) is 0 Å². The van der Waals surface area contributed by atoms with Crippen LogP contribution in [0.15, 0.2) is 36.7 Å². The van der Waals surface area contributed by atoms with Crippen LogP contribution in [0.4, 0.5) is 0 Å². The van der Waals surface area contributed by atoms with E-state index in [1.54, 1.807) is 19.1 Å². The molecule has 0 saturated carbocycles. The first kappa shape index (κ1) is 14.3. The minimum Gasteiger partial charge on any atom is -0.508 e. The maximum Gasteiger partial charge on any atom is 0.306 e. The summed E-state index contributed by atoms with van der Waals surface area (Å²) in [7, 11) is 0. The minimum absolute atomic E-state index is 0.188. The van der Waals surface area contributed by atoms with Crippen molar-refractivity contribution in [1.82, 2.24) is 9.97 Å². The number of hydrogen-bond acceptors (Lipinski definition) is 3. The summed E-state index contributed by atoms with van der Waals surface area (Å²) < 4.78 is 4.97. The van der Waals surface area contributed by atoms with Gasteiger partial charge in [-0.2, -0.15) is 0 Å². The largest absolute Gasteiger partial charge is 0.508 e. The first-order chi connectivity index (χ1) is 10.7. The molecule has 5 nitrogen and oxygen atoms in total. The van der Waals surface area contributed by atoms with E-state index in [9.17, 15) is 9.90 Å². The van der Waals surface area contributed by atoms with Gasteiger partial charge in [0.1, 0.15) is 5.75 Å². The van der Waals surface area contributed by atoms with Crippen molar-refractivity contribution < 1.29 is 14.6 Å². The van der Waals surface area contributed by atoms with Crippen molar-refractivity contribution in [3.8, 4) is 16.9 Å². The number of H-pyrrole nitrogens is 2. The molecule has 0 radical (unpaired) electrons. The van der Waals surface area contributed by atoms with Crippen molar-refractivity contribution in [3.63, 3.8) is 0 Å². The number of phenols is 1. The van der Waals surface area contributed by atoms with Crippen LogP contribution in [0.1, 0.15) is 19.0 Å². The van der Waals surface area contributed by atoms with Gasteiger partial charge in [0.2, 0.25) is 0 Å². The number of carbonyl (C=O) groups excluding carboxylic acids is 1. The molecular formula is C17H18N2O3.